The number of hydrogen-bond donors (Lipinski definition) is 1. The number of hydrogen-bond acceptors (Lipinski definition) is 3. The van der Waals surface area contributed by atoms with Gasteiger partial charge in [-0.15, -0.1) is 0 Å². The lowest BCUT2D eigenvalue weighted by molar-refractivity contribution is -0.137. The third kappa shape index (κ3) is 2.33. The summed E-state index contributed by atoms with van der Waals surface area (Å²) in [4.78, 5) is 17.8. The van der Waals surface area contributed by atoms with Crippen LogP contribution in [0.2, 0.25) is 0 Å². The van der Waals surface area contributed by atoms with E-state index in [-0.39, 0.29) is 12.5 Å². The molecule has 104 valence electrons. The molecule has 1 atom stereocenters. The molecule has 0 radical (unpaired) electrons. The Morgan fingerprint density at radius 1 is 1.45 bits per heavy atom. The Bertz CT molecular complexity index is 654. The topological polar surface area (TPSA) is 53.4 Å². The molecule has 1 saturated heterocycles. The van der Waals surface area contributed by atoms with Crippen LogP contribution in [0.4, 0.5) is 5.69 Å². The molecule has 2 aromatic rings. The van der Waals surface area contributed by atoms with Crippen molar-refractivity contribution >= 4 is 22.6 Å². The maximum atomic E-state index is 11.0. The number of pyridine rings is 1. The van der Waals surface area contributed by atoms with Crippen LogP contribution < -0.4 is 4.90 Å². The number of carboxylic acid groups (broad SMARTS) is 1. The Hall–Kier alpha value is -2.10. The number of aryl methyl sites for hydroxylation is 1. The van der Waals surface area contributed by atoms with Gasteiger partial charge < -0.3 is 10.0 Å². The normalized spacial score (nSPS) is 18.6. The van der Waals surface area contributed by atoms with Gasteiger partial charge in [0.2, 0.25) is 0 Å². The number of para-hydroxylation sites is 1. The van der Waals surface area contributed by atoms with E-state index in [2.05, 4.69) is 22.0 Å². The van der Waals surface area contributed by atoms with E-state index in [9.17, 15) is 4.79 Å². The van der Waals surface area contributed by atoms with Crippen molar-refractivity contribution in [2.24, 2.45) is 0 Å². The third-order valence-electron chi connectivity index (χ3n) is 3.92. The molecule has 1 N–H and O–H groups in total. The van der Waals surface area contributed by atoms with Gasteiger partial charge >= 0.3 is 5.97 Å². The number of anilines is 1. The Morgan fingerprint density at radius 2 is 2.25 bits per heavy atom. The van der Waals surface area contributed by atoms with Gasteiger partial charge in [0.15, 0.2) is 0 Å². The molecule has 4 heteroatoms. The average molecular weight is 270 g/mol. The van der Waals surface area contributed by atoms with Gasteiger partial charge in [0.25, 0.3) is 0 Å². The first-order chi connectivity index (χ1) is 9.65. The molecule has 0 saturated carbocycles. The zero-order valence-electron chi connectivity index (χ0n) is 11.5. The first-order valence-corrected chi connectivity index (χ1v) is 7.00. The Morgan fingerprint density at radius 3 is 3.05 bits per heavy atom. The fourth-order valence-electron chi connectivity index (χ4n) is 3.09. The molecule has 20 heavy (non-hydrogen) atoms. The van der Waals surface area contributed by atoms with E-state index in [0.717, 1.165) is 41.7 Å². The van der Waals surface area contributed by atoms with Crippen molar-refractivity contribution in [1.82, 2.24) is 4.98 Å². The Kier molecular flexibility index (Phi) is 3.30. The number of aromatic nitrogens is 1. The Labute approximate surface area is 118 Å². The van der Waals surface area contributed by atoms with Gasteiger partial charge in [-0.3, -0.25) is 9.78 Å². The van der Waals surface area contributed by atoms with Crippen molar-refractivity contribution in [2.45, 2.75) is 32.2 Å². The van der Waals surface area contributed by atoms with Gasteiger partial charge in [0.1, 0.15) is 0 Å². The molecule has 0 amide bonds. The second kappa shape index (κ2) is 5.12. The number of fused-ring (bicyclic) bond motifs is 1. The second-order valence-corrected chi connectivity index (χ2v) is 5.39. The molecule has 1 aromatic carbocycles. The Balaban J connectivity index is 2.06. The van der Waals surface area contributed by atoms with Crippen LogP contribution in [0.15, 0.2) is 30.3 Å². The molecule has 0 bridgehead atoms. The van der Waals surface area contributed by atoms with E-state index in [1.165, 1.54) is 0 Å². The van der Waals surface area contributed by atoms with Crippen LogP contribution in [0, 0.1) is 6.92 Å². The standard InChI is InChI=1S/C16H18N2O2/c1-11-9-15(13-6-2-3-7-14(13)17-11)18-8-4-5-12(18)10-16(19)20/h2-3,6-7,9,12H,4-5,8,10H2,1H3,(H,19,20). The van der Waals surface area contributed by atoms with E-state index in [4.69, 9.17) is 5.11 Å². The molecule has 2 heterocycles. The number of carbonyl (C=O) groups is 1. The highest BCUT2D eigenvalue weighted by Gasteiger charge is 2.28. The van der Waals surface area contributed by atoms with Gasteiger partial charge in [-0.25, -0.2) is 0 Å². The second-order valence-electron chi connectivity index (χ2n) is 5.39. The van der Waals surface area contributed by atoms with Gasteiger partial charge in [-0.2, -0.15) is 0 Å². The number of carboxylic acids is 1. The fourth-order valence-corrected chi connectivity index (χ4v) is 3.09. The zero-order chi connectivity index (χ0) is 14.1. The van der Waals surface area contributed by atoms with Crippen LogP contribution in [0.3, 0.4) is 0 Å². The molecule has 1 aliphatic rings. The summed E-state index contributed by atoms with van der Waals surface area (Å²) in [6.45, 7) is 2.91. The van der Waals surface area contributed by atoms with Gasteiger partial charge in [0.05, 0.1) is 11.9 Å². The molecule has 1 aromatic heterocycles. The molecule has 1 fully saturated rings. The highest BCUT2D eigenvalue weighted by atomic mass is 16.4. The molecular weight excluding hydrogens is 252 g/mol. The van der Waals surface area contributed by atoms with Crippen LogP contribution in [-0.2, 0) is 4.79 Å². The van der Waals surface area contributed by atoms with Crippen molar-refractivity contribution < 1.29 is 9.90 Å². The van der Waals surface area contributed by atoms with E-state index < -0.39 is 5.97 Å². The smallest absolute Gasteiger partial charge is 0.305 e. The highest BCUT2D eigenvalue weighted by molar-refractivity contribution is 5.92. The molecule has 3 rings (SSSR count). The van der Waals surface area contributed by atoms with Crippen LogP contribution in [-0.4, -0.2) is 28.6 Å². The summed E-state index contributed by atoms with van der Waals surface area (Å²) >= 11 is 0. The van der Waals surface area contributed by atoms with E-state index in [0.29, 0.717) is 0 Å². The van der Waals surface area contributed by atoms with Gasteiger partial charge in [-0.1, -0.05) is 18.2 Å². The molecule has 1 aliphatic heterocycles. The molecule has 0 aliphatic carbocycles. The molecule has 0 spiro atoms. The minimum Gasteiger partial charge on any atom is -0.481 e. The van der Waals surface area contributed by atoms with Gasteiger partial charge in [-0.05, 0) is 31.9 Å². The summed E-state index contributed by atoms with van der Waals surface area (Å²) in [5, 5.41) is 10.2. The lowest BCUT2D eigenvalue weighted by Crippen LogP contribution is -2.31. The SMILES string of the molecule is Cc1cc(N2CCCC2CC(=O)O)c2ccccc2n1. The number of benzene rings is 1. The van der Waals surface area contributed by atoms with Crippen molar-refractivity contribution in [3.05, 3.63) is 36.0 Å². The summed E-state index contributed by atoms with van der Waals surface area (Å²) in [5.41, 5.74) is 3.07. The predicted octanol–water partition coefficient (Wildman–Crippen LogP) is 2.99. The van der Waals surface area contributed by atoms with E-state index in [1.54, 1.807) is 0 Å². The maximum Gasteiger partial charge on any atom is 0.305 e. The first-order valence-electron chi connectivity index (χ1n) is 7.00. The lowest BCUT2D eigenvalue weighted by atomic mass is 10.1. The average Bonchev–Trinajstić information content (AvgIpc) is 2.84. The molecule has 4 nitrogen and oxygen atoms in total. The molecule has 1 unspecified atom stereocenters. The summed E-state index contributed by atoms with van der Waals surface area (Å²) < 4.78 is 0. The van der Waals surface area contributed by atoms with Crippen LogP contribution in [0.1, 0.15) is 25.0 Å². The van der Waals surface area contributed by atoms with Crippen molar-refractivity contribution in [1.29, 1.82) is 0 Å². The quantitative estimate of drug-likeness (QED) is 0.931. The van der Waals surface area contributed by atoms with Crippen molar-refractivity contribution in [3.63, 3.8) is 0 Å². The zero-order valence-corrected chi connectivity index (χ0v) is 11.5. The number of aliphatic carboxylic acids is 1. The summed E-state index contributed by atoms with van der Waals surface area (Å²) in [6, 6.07) is 10.2. The minimum absolute atomic E-state index is 0.0951. The highest BCUT2D eigenvalue weighted by Crippen LogP contribution is 2.33. The van der Waals surface area contributed by atoms with Crippen molar-refractivity contribution in [2.75, 3.05) is 11.4 Å². The lowest BCUT2D eigenvalue weighted by Gasteiger charge is -2.27. The van der Waals surface area contributed by atoms with Crippen molar-refractivity contribution in [3.8, 4) is 0 Å². The first kappa shape index (κ1) is 12.9. The molecular formula is C16H18N2O2. The third-order valence-corrected chi connectivity index (χ3v) is 3.92. The summed E-state index contributed by atoms with van der Waals surface area (Å²) in [5.74, 6) is -0.725. The summed E-state index contributed by atoms with van der Waals surface area (Å²) in [6.07, 6.45) is 2.20. The van der Waals surface area contributed by atoms with Crippen LogP contribution in [0.25, 0.3) is 10.9 Å². The fraction of sp³-hybridized carbons (Fsp3) is 0.375. The van der Waals surface area contributed by atoms with Crippen LogP contribution in [0.5, 0.6) is 0 Å². The van der Waals surface area contributed by atoms with Crippen LogP contribution >= 0.6 is 0 Å². The number of rotatable bonds is 3. The van der Waals surface area contributed by atoms with E-state index >= 15 is 0 Å². The summed E-state index contributed by atoms with van der Waals surface area (Å²) in [7, 11) is 0. The van der Waals surface area contributed by atoms with E-state index in [1.807, 2.05) is 25.1 Å². The maximum absolute atomic E-state index is 11.0. The van der Waals surface area contributed by atoms with Gasteiger partial charge in [0, 0.05) is 29.4 Å². The monoisotopic (exact) mass is 270 g/mol. The minimum atomic E-state index is -0.725. The number of nitrogens with zero attached hydrogens (tertiary/aromatic N) is 2. The predicted molar refractivity (Wildman–Crippen MR) is 79.1 cm³/mol. The largest absolute Gasteiger partial charge is 0.481 e.